The van der Waals surface area contributed by atoms with Crippen molar-refractivity contribution in [2.75, 3.05) is 5.32 Å². The van der Waals surface area contributed by atoms with E-state index in [-0.39, 0.29) is 6.61 Å². The normalized spacial score (nSPS) is 25.5. The summed E-state index contributed by atoms with van der Waals surface area (Å²) in [5, 5.41) is 12.5. The van der Waals surface area contributed by atoms with Gasteiger partial charge in [0.2, 0.25) is 0 Å². The summed E-state index contributed by atoms with van der Waals surface area (Å²) >= 11 is 0. The predicted octanol–water partition coefficient (Wildman–Crippen LogP) is 1.47. The molecule has 2 rings (SSSR count). The van der Waals surface area contributed by atoms with Crippen molar-refractivity contribution >= 4 is 5.69 Å². The Hall–Kier alpha value is -1.06. The Morgan fingerprint density at radius 2 is 2.27 bits per heavy atom. The second-order valence-corrected chi connectivity index (χ2v) is 4.27. The number of nitrogens with two attached hydrogens (primary N) is 1. The van der Waals surface area contributed by atoms with Crippen LogP contribution in [0.1, 0.15) is 24.8 Å². The molecule has 0 radical (unpaired) electrons. The number of rotatable bonds is 3. The molecule has 0 aliphatic heterocycles. The highest BCUT2D eigenvalue weighted by atomic mass is 16.3. The summed E-state index contributed by atoms with van der Waals surface area (Å²) in [5.74, 6) is 0. The zero-order valence-corrected chi connectivity index (χ0v) is 8.82. The minimum absolute atomic E-state index is 0.0969. The van der Waals surface area contributed by atoms with Gasteiger partial charge in [-0.2, -0.15) is 0 Å². The third-order valence-corrected chi connectivity index (χ3v) is 2.95. The van der Waals surface area contributed by atoms with E-state index >= 15 is 0 Å². The fraction of sp³-hybridized carbons (Fsp3) is 0.500. The van der Waals surface area contributed by atoms with Gasteiger partial charge in [0.15, 0.2) is 0 Å². The molecule has 1 aliphatic rings. The van der Waals surface area contributed by atoms with E-state index < -0.39 is 0 Å². The fourth-order valence-electron chi connectivity index (χ4n) is 2.14. The van der Waals surface area contributed by atoms with Crippen LogP contribution in [-0.2, 0) is 6.61 Å². The van der Waals surface area contributed by atoms with E-state index in [1.54, 1.807) is 0 Å². The lowest BCUT2D eigenvalue weighted by Gasteiger charge is -2.14. The molecule has 1 aliphatic carbocycles. The molecule has 1 fully saturated rings. The summed E-state index contributed by atoms with van der Waals surface area (Å²) in [6.07, 6.45) is 3.30. The van der Waals surface area contributed by atoms with Gasteiger partial charge in [0, 0.05) is 17.8 Å². The summed E-state index contributed by atoms with van der Waals surface area (Å²) in [5.41, 5.74) is 7.89. The van der Waals surface area contributed by atoms with Gasteiger partial charge >= 0.3 is 0 Å². The summed E-state index contributed by atoms with van der Waals surface area (Å²) in [6, 6.07) is 8.75. The van der Waals surface area contributed by atoms with Crippen molar-refractivity contribution in [3.05, 3.63) is 29.8 Å². The Morgan fingerprint density at radius 1 is 1.40 bits per heavy atom. The summed E-state index contributed by atoms with van der Waals surface area (Å²) < 4.78 is 0. The van der Waals surface area contributed by atoms with Gasteiger partial charge in [-0.3, -0.25) is 0 Å². The Balaban J connectivity index is 1.98. The van der Waals surface area contributed by atoms with Gasteiger partial charge in [-0.1, -0.05) is 12.1 Å². The van der Waals surface area contributed by atoms with E-state index in [0.29, 0.717) is 12.1 Å². The molecular weight excluding hydrogens is 188 g/mol. The maximum atomic E-state index is 9.02. The standard InChI is InChI=1S/C12H18N2O/c13-10-4-5-12(7-10)14-11-3-1-2-9(6-11)8-15/h1-3,6,10,12,14-15H,4-5,7-8,13H2. The largest absolute Gasteiger partial charge is 0.392 e. The van der Waals surface area contributed by atoms with E-state index in [4.69, 9.17) is 10.8 Å². The fourth-order valence-corrected chi connectivity index (χ4v) is 2.14. The molecule has 1 aromatic rings. The van der Waals surface area contributed by atoms with Crippen molar-refractivity contribution in [1.29, 1.82) is 0 Å². The van der Waals surface area contributed by atoms with Gasteiger partial charge in [0.25, 0.3) is 0 Å². The lowest BCUT2D eigenvalue weighted by atomic mass is 10.2. The lowest BCUT2D eigenvalue weighted by Crippen LogP contribution is -2.20. The van der Waals surface area contributed by atoms with Crippen LogP contribution in [0.2, 0.25) is 0 Å². The predicted molar refractivity (Wildman–Crippen MR) is 61.6 cm³/mol. The molecule has 0 bridgehead atoms. The average Bonchev–Trinajstić information content (AvgIpc) is 2.64. The first-order valence-corrected chi connectivity index (χ1v) is 5.50. The molecule has 0 spiro atoms. The first-order valence-electron chi connectivity index (χ1n) is 5.50. The highest BCUT2D eigenvalue weighted by Crippen LogP contribution is 2.22. The zero-order valence-electron chi connectivity index (χ0n) is 8.82. The van der Waals surface area contributed by atoms with Crippen molar-refractivity contribution in [2.24, 2.45) is 5.73 Å². The molecule has 1 aromatic carbocycles. The molecular formula is C12H18N2O. The number of hydrogen-bond donors (Lipinski definition) is 3. The van der Waals surface area contributed by atoms with Crippen molar-refractivity contribution in [2.45, 2.75) is 38.0 Å². The zero-order chi connectivity index (χ0) is 10.7. The first-order chi connectivity index (χ1) is 7.28. The number of hydrogen-bond acceptors (Lipinski definition) is 3. The molecule has 1 saturated carbocycles. The third-order valence-electron chi connectivity index (χ3n) is 2.95. The lowest BCUT2D eigenvalue weighted by molar-refractivity contribution is 0.282. The van der Waals surface area contributed by atoms with Gasteiger partial charge in [0.1, 0.15) is 0 Å². The van der Waals surface area contributed by atoms with Gasteiger partial charge in [-0.15, -0.1) is 0 Å². The van der Waals surface area contributed by atoms with Crippen LogP contribution in [0.3, 0.4) is 0 Å². The van der Waals surface area contributed by atoms with E-state index in [1.165, 1.54) is 0 Å². The minimum Gasteiger partial charge on any atom is -0.392 e. The summed E-state index contributed by atoms with van der Waals surface area (Å²) in [4.78, 5) is 0. The van der Waals surface area contributed by atoms with Crippen LogP contribution in [-0.4, -0.2) is 17.2 Å². The molecule has 3 nitrogen and oxygen atoms in total. The van der Waals surface area contributed by atoms with E-state index in [2.05, 4.69) is 5.32 Å². The molecule has 2 unspecified atom stereocenters. The molecule has 0 amide bonds. The highest BCUT2D eigenvalue weighted by molar-refractivity contribution is 5.46. The van der Waals surface area contributed by atoms with Crippen molar-refractivity contribution < 1.29 is 5.11 Å². The molecule has 82 valence electrons. The number of nitrogens with one attached hydrogen (secondary N) is 1. The molecule has 0 aromatic heterocycles. The van der Waals surface area contributed by atoms with Crippen LogP contribution in [0.25, 0.3) is 0 Å². The van der Waals surface area contributed by atoms with E-state index in [1.807, 2.05) is 24.3 Å². The van der Waals surface area contributed by atoms with Crippen molar-refractivity contribution in [1.82, 2.24) is 0 Å². The van der Waals surface area contributed by atoms with Crippen LogP contribution >= 0.6 is 0 Å². The maximum absolute atomic E-state index is 9.02. The monoisotopic (exact) mass is 206 g/mol. The SMILES string of the molecule is NC1CCC(Nc2cccc(CO)c2)C1. The minimum atomic E-state index is 0.0969. The van der Waals surface area contributed by atoms with Gasteiger partial charge < -0.3 is 16.2 Å². The van der Waals surface area contributed by atoms with Crippen LogP contribution in [0.4, 0.5) is 5.69 Å². The summed E-state index contributed by atoms with van der Waals surface area (Å²) in [6.45, 7) is 0.0969. The van der Waals surface area contributed by atoms with E-state index in [0.717, 1.165) is 30.5 Å². The molecule has 2 atom stereocenters. The van der Waals surface area contributed by atoms with Crippen LogP contribution in [0, 0.1) is 0 Å². The second-order valence-electron chi connectivity index (χ2n) is 4.27. The average molecular weight is 206 g/mol. The number of anilines is 1. The first kappa shape index (κ1) is 10.5. The summed E-state index contributed by atoms with van der Waals surface area (Å²) in [7, 11) is 0. The topological polar surface area (TPSA) is 58.3 Å². The van der Waals surface area contributed by atoms with Crippen LogP contribution < -0.4 is 11.1 Å². The third kappa shape index (κ3) is 2.70. The molecule has 0 heterocycles. The number of aliphatic hydroxyl groups excluding tert-OH is 1. The number of aliphatic hydroxyl groups is 1. The van der Waals surface area contributed by atoms with Crippen LogP contribution in [0.5, 0.6) is 0 Å². The Kier molecular flexibility index (Phi) is 3.23. The molecule has 4 N–H and O–H groups in total. The van der Waals surface area contributed by atoms with E-state index in [9.17, 15) is 0 Å². The number of benzene rings is 1. The smallest absolute Gasteiger partial charge is 0.0682 e. The Labute approximate surface area is 90.3 Å². The molecule has 0 saturated heterocycles. The van der Waals surface area contributed by atoms with Crippen molar-refractivity contribution in [3.63, 3.8) is 0 Å². The van der Waals surface area contributed by atoms with Gasteiger partial charge in [0.05, 0.1) is 6.61 Å². The Bertz CT molecular complexity index is 327. The second kappa shape index (κ2) is 4.64. The Morgan fingerprint density at radius 3 is 2.93 bits per heavy atom. The molecule has 15 heavy (non-hydrogen) atoms. The van der Waals surface area contributed by atoms with Gasteiger partial charge in [-0.05, 0) is 37.0 Å². The van der Waals surface area contributed by atoms with Crippen molar-refractivity contribution in [3.8, 4) is 0 Å². The maximum Gasteiger partial charge on any atom is 0.0682 e. The molecule has 3 heteroatoms. The van der Waals surface area contributed by atoms with Gasteiger partial charge in [-0.25, -0.2) is 0 Å². The quantitative estimate of drug-likeness (QED) is 0.702. The van der Waals surface area contributed by atoms with Crippen LogP contribution in [0.15, 0.2) is 24.3 Å². The highest BCUT2D eigenvalue weighted by Gasteiger charge is 2.21.